The second-order valence-corrected chi connectivity index (χ2v) is 6.80. The van der Waals surface area contributed by atoms with Gasteiger partial charge in [0.25, 0.3) is 5.91 Å². The Hall–Kier alpha value is -1.55. The number of carbonyl (C=O) groups is 2. The van der Waals surface area contributed by atoms with Crippen molar-refractivity contribution in [3.63, 3.8) is 0 Å². The lowest BCUT2D eigenvalue weighted by molar-refractivity contribution is -0.120. The van der Waals surface area contributed by atoms with Gasteiger partial charge >= 0.3 is 0 Å². The van der Waals surface area contributed by atoms with Crippen LogP contribution in [0, 0.1) is 5.41 Å². The minimum Gasteiger partial charge on any atom is -0.352 e. The number of carbonyl (C=O) groups excluding carboxylic acids is 2. The molecule has 21 heavy (non-hydrogen) atoms. The number of halogens is 1. The van der Waals surface area contributed by atoms with Crippen molar-refractivity contribution in [3.05, 3.63) is 34.9 Å². The van der Waals surface area contributed by atoms with Crippen LogP contribution in [-0.2, 0) is 4.79 Å². The highest BCUT2D eigenvalue weighted by atomic mass is 35.5. The fourth-order valence-electron chi connectivity index (χ4n) is 2.70. The molecule has 1 aromatic rings. The van der Waals surface area contributed by atoms with Crippen molar-refractivity contribution in [2.24, 2.45) is 5.41 Å². The summed E-state index contributed by atoms with van der Waals surface area (Å²) in [7, 11) is 0. The standard InChI is InChI=1S/C16H21ClN2O2/c1-16(2)8-7-13(9-16)19-14(20)10-18-15(21)11-3-5-12(17)6-4-11/h3-6,13H,7-10H2,1-2H3,(H,18,21)(H,19,20). The molecule has 1 aliphatic carbocycles. The van der Waals surface area contributed by atoms with Crippen LogP contribution in [0.5, 0.6) is 0 Å². The minimum absolute atomic E-state index is 0.00160. The molecular formula is C16H21ClN2O2. The topological polar surface area (TPSA) is 58.2 Å². The number of benzene rings is 1. The molecule has 4 nitrogen and oxygen atoms in total. The Morgan fingerprint density at radius 3 is 2.52 bits per heavy atom. The Kier molecular flexibility index (Phi) is 4.88. The third-order valence-corrected chi connectivity index (χ3v) is 4.10. The molecule has 1 unspecified atom stereocenters. The molecule has 1 aliphatic rings. The largest absolute Gasteiger partial charge is 0.352 e. The predicted molar refractivity (Wildman–Crippen MR) is 83.3 cm³/mol. The number of rotatable bonds is 4. The average Bonchev–Trinajstić information content (AvgIpc) is 2.76. The van der Waals surface area contributed by atoms with Crippen molar-refractivity contribution in [3.8, 4) is 0 Å². The molecule has 1 fully saturated rings. The van der Waals surface area contributed by atoms with Crippen LogP contribution in [-0.4, -0.2) is 24.4 Å². The van der Waals surface area contributed by atoms with Crippen molar-refractivity contribution >= 4 is 23.4 Å². The smallest absolute Gasteiger partial charge is 0.251 e. The summed E-state index contributed by atoms with van der Waals surface area (Å²) in [6.45, 7) is 4.42. The zero-order valence-electron chi connectivity index (χ0n) is 12.4. The molecule has 0 bridgehead atoms. The third kappa shape index (κ3) is 4.74. The molecule has 0 heterocycles. The van der Waals surface area contributed by atoms with E-state index in [1.165, 1.54) is 0 Å². The van der Waals surface area contributed by atoms with E-state index >= 15 is 0 Å². The molecule has 0 aliphatic heterocycles. The summed E-state index contributed by atoms with van der Waals surface area (Å²) in [5, 5.41) is 6.17. The molecule has 2 amide bonds. The van der Waals surface area contributed by atoms with E-state index in [-0.39, 0.29) is 24.4 Å². The van der Waals surface area contributed by atoms with Gasteiger partial charge < -0.3 is 10.6 Å². The molecule has 0 aromatic heterocycles. The minimum atomic E-state index is -0.270. The number of amides is 2. The van der Waals surface area contributed by atoms with E-state index in [2.05, 4.69) is 24.5 Å². The second kappa shape index (κ2) is 6.48. The summed E-state index contributed by atoms with van der Waals surface area (Å²) in [5.41, 5.74) is 0.791. The van der Waals surface area contributed by atoms with Gasteiger partial charge in [0.1, 0.15) is 0 Å². The van der Waals surface area contributed by atoms with Crippen LogP contribution in [0.2, 0.25) is 5.02 Å². The van der Waals surface area contributed by atoms with E-state index < -0.39 is 0 Å². The van der Waals surface area contributed by atoms with E-state index in [0.29, 0.717) is 16.0 Å². The molecule has 5 heteroatoms. The zero-order chi connectivity index (χ0) is 15.5. The Bertz CT molecular complexity index is 526. The fraction of sp³-hybridized carbons (Fsp3) is 0.500. The van der Waals surface area contributed by atoms with Crippen LogP contribution in [0.15, 0.2) is 24.3 Å². The van der Waals surface area contributed by atoms with Gasteiger partial charge in [-0.15, -0.1) is 0 Å². The first-order valence-corrected chi connectivity index (χ1v) is 7.57. The molecule has 0 radical (unpaired) electrons. The molecule has 1 saturated carbocycles. The summed E-state index contributed by atoms with van der Waals surface area (Å²) in [5.74, 6) is -0.409. The quantitative estimate of drug-likeness (QED) is 0.898. The van der Waals surface area contributed by atoms with E-state index in [4.69, 9.17) is 11.6 Å². The Morgan fingerprint density at radius 2 is 1.95 bits per heavy atom. The van der Waals surface area contributed by atoms with Crippen LogP contribution < -0.4 is 10.6 Å². The van der Waals surface area contributed by atoms with Gasteiger partial charge in [-0.05, 0) is 48.9 Å². The van der Waals surface area contributed by atoms with Gasteiger partial charge in [0.15, 0.2) is 0 Å². The Labute approximate surface area is 130 Å². The SMILES string of the molecule is CC1(C)CCC(NC(=O)CNC(=O)c2ccc(Cl)cc2)C1. The molecule has 0 saturated heterocycles. The first-order valence-electron chi connectivity index (χ1n) is 7.19. The highest BCUT2D eigenvalue weighted by Crippen LogP contribution is 2.36. The Balaban J connectivity index is 1.76. The normalized spacial score (nSPS) is 20.0. The van der Waals surface area contributed by atoms with Crippen molar-refractivity contribution in [2.45, 2.75) is 39.2 Å². The van der Waals surface area contributed by atoms with Gasteiger partial charge in [-0.3, -0.25) is 9.59 Å². The van der Waals surface area contributed by atoms with Gasteiger partial charge in [-0.1, -0.05) is 25.4 Å². The second-order valence-electron chi connectivity index (χ2n) is 6.36. The maximum Gasteiger partial charge on any atom is 0.251 e. The van der Waals surface area contributed by atoms with Crippen LogP contribution in [0.25, 0.3) is 0 Å². The van der Waals surface area contributed by atoms with Crippen LogP contribution in [0.1, 0.15) is 43.5 Å². The predicted octanol–water partition coefficient (Wildman–Crippen LogP) is 2.76. The highest BCUT2D eigenvalue weighted by Gasteiger charge is 2.31. The lowest BCUT2D eigenvalue weighted by Crippen LogP contribution is -2.41. The molecular weight excluding hydrogens is 288 g/mol. The van der Waals surface area contributed by atoms with Crippen LogP contribution >= 0.6 is 11.6 Å². The van der Waals surface area contributed by atoms with Crippen LogP contribution in [0.4, 0.5) is 0 Å². The monoisotopic (exact) mass is 308 g/mol. The number of hydrogen-bond donors (Lipinski definition) is 2. The van der Waals surface area contributed by atoms with E-state index in [0.717, 1.165) is 19.3 Å². The van der Waals surface area contributed by atoms with Crippen molar-refractivity contribution in [1.29, 1.82) is 0 Å². The van der Waals surface area contributed by atoms with Crippen molar-refractivity contribution < 1.29 is 9.59 Å². The lowest BCUT2D eigenvalue weighted by Gasteiger charge is -2.18. The van der Waals surface area contributed by atoms with Crippen LogP contribution in [0.3, 0.4) is 0 Å². The molecule has 1 atom stereocenters. The Morgan fingerprint density at radius 1 is 1.29 bits per heavy atom. The molecule has 1 aromatic carbocycles. The van der Waals surface area contributed by atoms with E-state index in [1.807, 2.05) is 0 Å². The molecule has 0 spiro atoms. The van der Waals surface area contributed by atoms with E-state index in [1.54, 1.807) is 24.3 Å². The molecule has 114 valence electrons. The number of nitrogens with one attached hydrogen (secondary N) is 2. The summed E-state index contributed by atoms with van der Waals surface area (Å²) in [6.07, 6.45) is 3.11. The lowest BCUT2D eigenvalue weighted by atomic mass is 9.92. The van der Waals surface area contributed by atoms with Crippen molar-refractivity contribution in [1.82, 2.24) is 10.6 Å². The first kappa shape index (κ1) is 15.8. The van der Waals surface area contributed by atoms with E-state index in [9.17, 15) is 9.59 Å². The maximum absolute atomic E-state index is 11.9. The molecule has 2 rings (SSSR count). The number of hydrogen-bond acceptors (Lipinski definition) is 2. The third-order valence-electron chi connectivity index (χ3n) is 3.85. The summed E-state index contributed by atoms with van der Waals surface area (Å²) in [6, 6.07) is 6.79. The van der Waals surface area contributed by atoms with Gasteiger partial charge in [-0.2, -0.15) is 0 Å². The molecule has 2 N–H and O–H groups in total. The zero-order valence-corrected chi connectivity index (χ0v) is 13.2. The highest BCUT2D eigenvalue weighted by molar-refractivity contribution is 6.30. The van der Waals surface area contributed by atoms with Crippen molar-refractivity contribution in [2.75, 3.05) is 6.54 Å². The fourth-order valence-corrected chi connectivity index (χ4v) is 2.83. The van der Waals surface area contributed by atoms with Gasteiger partial charge in [0, 0.05) is 16.6 Å². The van der Waals surface area contributed by atoms with Gasteiger partial charge in [0.2, 0.25) is 5.91 Å². The summed E-state index contributed by atoms with van der Waals surface area (Å²) < 4.78 is 0. The van der Waals surface area contributed by atoms with Gasteiger partial charge in [0.05, 0.1) is 6.54 Å². The van der Waals surface area contributed by atoms with Gasteiger partial charge in [-0.25, -0.2) is 0 Å². The first-order chi connectivity index (χ1) is 9.85. The average molecular weight is 309 g/mol. The maximum atomic E-state index is 11.9. The summed E-state index contributed by atoms with van der Waals surface area (Å²) in [4.78, 5) is 23.7. The summed E-state index contributed by atoms with van der Waals surface area (Å²) >= 11 is 5.77.